The van der Waals surface area contributed by atoms with Crippen molar-refractivity contribution < 1.29 is 4.43 Å². The van der Waals surface area contributed by atoms with E-state index in [1.54, 1.807) is 0 Å². The van der Waals surface area contributed by atoms with Crippen molar-refractivity contribution in [1.82, 2.24) is 0 Å². The maximum atomic E-state index is 5.67. The highest BCUT2D eigenvalue weighted by Crippen LogP contribution is 2.27. The molecule has 0 N–H and O–H groups in total. The Kier molecular flexibility index (Phi) is 1.96. The average Bonchev–Trinajstić information content (AvgIpc) is 1.60. The lowest BCUT2D eigenvalue weighted by molar-refractivity contribution is 0.0708. The van der Waals surface area contributed by atoms with Crippen molar-refractivity contribution in [3.05, 3.63) is 0 Å². The second kappa shape index (κ2) is 2.43. The zero-order valence-electron chi connectivity index (χ0n) is 6.61. The van der Waals surface area contributed by atoms with Gasteiger partial charge in [0.2, 0.25) is 0 Å². The number of hydrogen-bond donors (Lipinski definition) is 0. The Morgan fingerprint density at radius 2 is 2.22 bits per heavy atom. The van der Waals surface area contributed by atoms with Gasteiger partial charge in [-0.1, -0.05) is 6.92 Å². The van der Waals surface area contributed by atoms with Crippen LogP contribution in [0.4, 0.5) is 0 Å². The standard InChI is InChI=1S/C7H16OSi/c1-6-4-7(2,3)8-9-5-6/h6H,4-5,9H2,1-3H3. The van der Waals surface area contributed by atoms with Gasteiger partial charge in [-0.15, -0.1) is 0 Å². The highest BCUT2D eigenvalue weighted by Gasteiger charge is 2.25. The molecule has 1 nitrogen and oxygen atoms in total. The highest BCUT2D eigenvalue weighted by molar-refractivity contribution is 6.27. The molecule has 0 amide bonds. The molecule has 0 aromatic heterocycles. The summed E-state index contributed by atoms with van der Waals surface area (Å²) in [7, 11) is -0.143. The van der Waals surface area contributed by atoms with Gasteiger partial charge in [-0.05, 0) is 32.2 Å². The molecule has 2 heteroatoms. The van der Waals surface area contributed by atoms with E-state index in [-0.39, 0.29) is 15.4 Å². The molecule has 54 valence electrons. The summed E-state index contributed by atoms with van der Waals surface area (Å²) in [5.41, 5.74) is 0.212. The van der Waals surface area contributed by atoms with Crippen LogP contribution >= 0.6 is 0 Å². The first-order chi connectivity index (χ1) is 4.10. The molecule has 0 aliphatic carbocycles. The van der Waals surface area contributed by atoms with Gasteiger partial charge >= 0.3 is 0 Å². The summed E-state index contributed by atoms with van der Waals surface area (Å²) < 4.78 is 5.67. The van der Waals surface area contributed by atoms with Crippen LogP contribution < -0.4 is 0 Å². The lowest BCUT2D eigenvalue weighted by Crippen LogP contribution is -2.34. The monoisotopic (exact) mass is 144 g/mol. The lowest BCUT2D eigenvalue weighted by atomic mass is 9.96. The van der Waals surface area contributed by atoms with Crippen molar-refractivity contribution in [2.45, 2.75) is 38.8 Å². The molecular formula is C7H16OSi. The molecule has 0 aromatic rings. The average molecular weight is 144 g/mol. The van der Waals surface area contributed by atoms with Gasteiger partial charge in [0.15, 0.2) is 9.76 Å². The summed E-state index contributed by atoms with van der Waals surface area (Å²) in [4.78, 5) is 0. The Hall–Kier alpha value is 0.177. The SMILES string of the molecule is CC1C[SiH2]OC(C)(C)C1. The van der Waals surface area contributed by atoms with Crippen LogP contribution in [0.5, 0.6) is 0 Å². The zero-order valence-corrected chi connectivity index (χ0v) is 8.02. The van der Waals surface area contributed by atoms with Crippen LogP contribution in [0.3, 0.4) is 0 Å². The number of hydrogen-bond acceptors (Lipinski definition) is 1. The van der Waals surface area contributed by atoms with Gasteiger partial charge < -0.3 is 4.43 Å². The quantitative estimate of drug-likeness (QED) is 0.466. The molecule has 1 heterocycles. The fourth-order valence-electron chi connectivity index (χ4n) is 1.54. The first kappa shape index (κ1) is 7.29. The molecule has 1 atom stereocenters. The maximum absolute atomic E-state index is 5.67. The molecule has 1 aliphatic heterocycles. The first-order valence-electron chi connectivity index (χ1n) is 3.74. The summed E-state index contributed by atoms with van der Waals surface area (Å²) in [5.74, 6) is 0.917. The molecule has 1 fully saturated rings. The molecule has 1 rings (SSSR count). The van der Waals surface area contributed by atoms with E-state index in [1.165, 1.54) is 12.5 Å². The zero-order chi connectivity index (χ0) is 6.91. The van der Waals surface area contributed by atoms with Gasteiger partial charge in [0, 0.05) is 0 Å². The maximum Gasteiger partial charge on any atom is 0.162 e. The smallest absolute Gasteiger partial charge is 0.162 e. The van der Waals surface area contributed by atoms with Crippen molar-refractivity contribution in [3.63, 3.8) is 0 Å². The van der Waals surface area contributed by atoms with E-state index in [4.69, 9.17) is 4.43 Å². The normalized spacial score (nSPS) is 37.0. The van der Waals surface area contributed by atoms with Crippen LogP contribution in [0.2, 0.25) is 6.04 Å². The van der Waals surface area contributed by atoms with E-state index in [1.807, 2.05) is 0 Å². The molecule has 0 saturated carbocycles. The minimum atomic E-state index is -0.143. The third kappa shape index (κ3) is 2.10. The lowest BCUT2D eigenvalue weighted by Gasteiger charge is -2.34. The molecule has 1 saturated heterocycles. The minimum Gasteiger partial charge on any atom is -0.419 e. The fourth-order valence-corrected chi connectivity index (χ4v) is 2.93. The van der Waals surface area contributed by atoms with Crippen molar-refractivity contribution in [1.29, 1.82) is 0 Å². The van der Waals surface area contributed by atoms with Gasteiger partial charge in [0.05, 0.1) is 5.60 Å². The van der Waals surface area contributed by atoms with Gasteiger partial charge in [-0.25, -0.2) is 0 Å². The van der Waals surface area contributed by atoms with E-state index in [9.17, 15) is 0 Å². The van der Waals surface area contributed by atoms with Gasteiger partial charge in [-0.2, -0.15) is 0 Å². The van der Waals surface area contributed by atoms with Gasteiger partial charge in [0.1, 0.15) is 0 Å². The van der Waals surface area contributed by atoms with Crippen LogP contribution in [0.25, 0.3) is 0 Å². The molecule has 0 aromatic carbocycles. The largest absolute Gasteiger partial charge is 0.419 e. The molecule has 1 unspecified atom stereocenters. The highest BCUT2D eigenvalue weighted by atomic mass is 28.2. The van der Waals surface area contributed by atoms with E-state index in [0.717, 1.165) is 5.92 Å². The molecule has 0 spiro atoms. The van der Waals surface area contributed by atoms with E-state index < -0.39 is 0 Å². The van der Waals surface area contributed by atoms with E-state index in [0.29, 0.717) is 0 Å². The van der Waals surface area contributed by atoms with E-state index >= 15 is 0 Å². The first-order valence-corrected chi connectivity index (χ1v) is 5.32. The Morgan fingerprint density at radius 3 is 2.56 bits per heavy atom. The van der Waals surface area contributed by atoms with E-state index in [2.05, 4.69) is 20.8 Å². The van der Waals surface area contributed by atoms with Gasteiger partial charge in [0.25, 0.3) is 0 Å². The molecule has 0 bridgehead atoms. The second-order valence-corrected chi connectivity index (χ2v) is 4.98. The third-order valence-electron chi connectivity index (χ3n) is 1.94. The Labute approximate surface area is 59.7 Å². The minimum absolute atomic E-state index is 0.143. The predicted octanol–water partition coefficient (Wildman–Crippen LogP) is 1.32. The fraction of sp³-hybridized carbons (Fsp3) is 1.00. The summed E-state index contributed by atoms with van der Waals surface area (Å²) in [6, 6.07) is 1.38. The predicted molar refractivity (Wildman–Crippen MR) is 42.3 cm³/mol. The summed E-state index contributed by atoms with van der Waals surface area (Å²) >= 11 is 0. The van der Waals surface area contributed by atoms with Crippen LogP contribution in [0.15, 0.2) is 0 Å². The molecule has 1 aliphatic rings. The van der Waals surface area contributed by atoms with Crippen molar-refractivity contribution in [2.24, 2.45) is 5.92 Å². The van der Waals surface area contributed by atoms with Crippen LogP contribution in [0, 0.1) is 5.92 Å². The summed E-state index contributed by atoms with van der Waals surface area (Å²) in [6.45, 7) is 6.74. The Morgan fingerprint density at radius 1 is 1.56 bits per heavy atom. The Bertz CT molecular complexity index is 101. The van der Waals surface area contributed by atoms with Crippen molar-refractivity contribution in [2.75, 3.05) is 0 Å². The molecular weight excluding hydrogens is 128 g/mol. The van der Waals surface area contributed by atoms with Crippen LogP contribution in [0.1, 0.15) is 27.2 Å². The molecule has 9 heavy (non-hydrogen) atoms. The van der Waals surface area contributed by atoms with Gasteiger partial charge in [-0.3, -0.25) is 0 Å². The van der Waals surface area contributed by atoms with Crippen LogP contribution in [-0.4, -0.2) is 15.4 Å². The third-order valence-corrected chi connectivity index (χ3v) is 4.15. The summed E-state index contributed by atoms with van der Waals surface area (Å²) in [6.07, 6.45) is 1.25. The summed E-state index contributed by atoms with van der Waals surface area (Å²) in [5, 5.41) is 0. The van der Waals surface area contributed by atoms with Crippen LogP contribution in [-0.2, 0) is 4.43 Å². The number of rotatable bonds is 0. The molecule has 0 radical (unpaired) electrons. The van der Waals surface area contributed by atoms with Crippen molar-refractivity contribution in [3.8, 4) is 0 Å². The topological polar surface area (TPSA) is 9.23 Å². The Balaban J connectivity index is 2.41. The second-order valence-electron chi connectivity index (χ2n) is 3.71. The van der Waals surface area contributed by atoms with Crippen molar-refractivity contribution >= 4 is 9.76 Å².